The first kappa shape index (κ1) is 11.4. The lowest BCUT2D eigenvalue weighted by atomic mass is 10.1. The fourth-order valence-electron chi connectivity index (χ4n) is 2.30. The average molecular weight is 255 g/mol. The van der Waals surface area contributed by atoms with E-state index in [1.165, 1.54) is 12.1 Å². The Morgan fingerprint density at radius 1 is 1.26 bits per heavy atom. The highest BCUT2D eigenvalue weighted by molar-refractivity contribution is 6.04. The molecule has 5 nitrogen and oxygen atoms in total. The second-order valence-electron chi connectivity index (χ2n) is 4.39. The van der Waals surface area contributed by atoms with Crippen LogP contribution in [0.4, 0.5) is 11.4 Å². The van der Waals surface area contributed by atoms with Crippen LogP contribution in [-0.2, 0) is 0 Å². The highest BCUT2D eigenvalue weighted by Gasteiger charge is 2.11. The van der Waals surface area contributed by atoms with Crippen LogP contribution in [0.1, 0.15) is 0 Å². The normalized spacial score (nSPS) is 11.0. The number of pyridine rings is 1. The lowest BCUT2D eigenvalue weighted by Gasteiger charge is -2.09. The highest BCUT2D eigenvalue weighted by atomic mass is 16.3. The number of aromatic amines is 1. The van der Waals surface area contributed by atoms with E-state index >= 15 is 0 Å². The number of nitrogens with two attached hydrogens (primary N) is 1. The maximum atomic E-state index is 12.5. The second-order valence-corrected chi connectivity index (χ2v) is 4.39. The monoisotopic (exact) mass is 255 g/mol. The van der Waals surface area contributed by atoms with Gasteiger partial charge in [0.05, 0.1) is 22.1 Å². The summed E-state index contributed by atoms with van der Waals surface area (Å²) in [6.45, 7) is 0. The molecule has 96 valence electrons. The van der Waals surface area contributed by atoms with Crippen molar-refractivity contribution < 1.29 is 5.11 Å². The molecule has 0 aliphatic rings. The lowest BCUT2D eigenvalue weighted by Crippen LogP contribution is -2.08. The predicted molar refractivity (Wildman–Crippen MR) is 77.7 cm³/mol. The quantitative estimate of drug-likeness (QED) is 0.395. The van der Waals surface area contributed by atoms with Gasteiger partial charge in [0.1, 0.15) is 5.75 Å². The van der Waals surface area contributed by atoms with Gasteiger partial charge in [-0.3, -0.25) is 4.79 Å². The van der Waals surface area contributed by atoms with Gasteiger partial charge in [0, 0.05) is 18.1 Å². The van der Waals surface area contributed by atoms with Crippen LogP contribution in [0, 0.1) is 0 Å². The van der Waals surface area contributed by atoms with Gasteiger partial charge < -0.3 is 21.1 Å². The van der Waals surface area contributed by atoms with Crippen molar-refractivity contribution in [3.8, 4) is 5.75 Å². The zero-order valence-electron chi connectivity index (χ0n) is 10.3. The van der Waals surface area contributed by atoms with Crippen LogP contribution in [0.5, 0.6) is 5.75 Å². The molecular formula is C14H13N3O2. The topological polar surface area (TPSA) is 91.1 Å². The molecule has 0 aliphatic carbocycles. The Morgan fingerprint density at radius 2 is 2.05 bits per heavy atom. The Balaban J connectivity index is 2.61. The third kappa shape index (κ3) is 1.59. The van der Waals surface area contributed by atoms with E-state index in [1.807, 2.05) is 0 Å². The molecule has 2 aromatic carbocycles. The van der Waals surface area contributed by atoms with Gasteiger partial charge in [0.25, 0.3) is 0 Å². The summed E-state index contributed by atoms with van der Waals surface area (Å²) in [5.41, 5.74) is 8.24. The van der Waals surface area contributed by atoms with Gasteiger partial charge in [-0.1, -0.05) is 0 Å². The molecule has 0 atom stereocenters. The molecule has 19 heavy (non-hydrogen) atoms. The zero-order chi connectivity index (χ0) is 13.6. The molecule has 5 heteroatoms. The number of benzene rings is 2. The van der Waals surface area contributed by atoms with E-state index in [0.717, 1.165) is 0 Å². The van der Waals surface area contributed by atoms with E-state index in [4.69, 9.17) is 5.73 Å². The Kier molecular flexibility index (Phi) is 2.35. The van der Waals surface area contributed by atoms with Crippen LogP contribution in [-0.4, -0.2) is 17.1 Å². The number of anilines is 2. The molecule has 0 fully saturated rings. The predicted octanol–water partition coefficient (Wildman–Crippen LogP) is 2.01. The summed E-state index contributed by atoms with van der Waals surface area (Å²) >= 11 is 0. The number of aromatic hydroxyl groups is 1. The van der Waals surface area contributed by atoms with Crippen LogP contribution in [0.2, 0.25) is 0 Å². The minimum absolute atomic E-state index is 0.0623. The van der Waals surface area contributed by atoms with Crippen molar-refractivity contribution in [3.63, 3.8) is 0 Å². The minimum atomic E-state index is -0.156. The molecule has 0 spiro atoms. The zero-order valence-corrected chi connectivity index (χ0v) is 10.3. The van der Waals surface area contributed by atoms with E-state index in [2.05, 4.69) is 10.3 Å². The first-order valence-electron chi connectivity index (χ1n) is 5.87. The van der Waals surface area contributed by atoms with E-state index in [1.54, 1.807) is 25.2 Å². The Labute approximate surface area is 108 Å². The van der Waals surface area contributed by atoms with Crippen LogP contribution < -0.4 is 16.5 Å². The number of aromatic nitrogens is 1. The van der Waals surface area contributed by atoms with Crippen LogP contribution >= 0.6 is 0 Å². The third-order valence-electron chi connectivity index (χ3n) is 3.24. The molecular weight excluding hydrogens is 242 g/mol. The van der Waals surface area contributed by atoms with Gasteiger partial charge in [-0.25, -0.2) is 0 Å². The van der Waals surface area contributed by atoms with Crippen molar-refractivity contribution in [2.24, 2.45) is 0 Å². The molecule has 0 radical (unpaired) electrons. The van der Waals surface area contributed by atoms with Crippen molar-refractivity contribution in [1.82, 2.24) is 4.98 Å². The van der Waals surface area contributed by atoms with Crippen molar-refractivity contribution in [3.05, 3.63) is 40.6 Å². The maximum Gasteiger partial charge on any atom is 0.199 e. The van der Waals surface area contributed by atoms with Crippen molar-refractivity contribution in [1.29, 1.82) is 0 Å². The van der Waals surface area contributed by atoms with Crippen LogP contribution in [0.25, 0.3) is 21.8 Å². The smallest absolute Gasteiger partial charge is 0.199 e. The number of nitrogen functional groups attached to an aromatic ring is 1. The largest absolute Gasteiger partial charge is 0.508 e. The lowest BCUT2D eigenvalue weighted by molar-refractivity contribution is 0.476. The van der Waals surface area contributed by atoms with Crippen molar-refractivity contribution in [2.75, 3.05) is 18.1 Å². The third-order valence-corrected chi connectivity index (χ3v) is 3.24. The summed E-state index contributed by atoms with van der Waals surface area (Å²) < 4.78 is 0. The number of rotatable bonds is 1. The van der Waals surface area contributed by atoms with Gasteiger partial charge in [0.15, 0.2) is 5.43 Å². The molecule has 0 amide bonds. The summed E-state index contributed by atoms with van der Waals surface area (Å²) in [7, 11) is 1.75. The average Bonchev–Trinajstić information content (AvgIpc) is 2.41. The second kappa shape index (κ2) is 3.91. The molecule has 3 rings (SSSR count). The molecule has 0 unspecified atom stereocenters. The summed E-state index contributed by atoms with van der Waals surface area (Å²) in [4.78, 5) is 15.7. The van der Waals surface area contributed by atoms with Gasteiger partial charge in [-0.15, -0.1) is 0 Å². The molecule has 3 aromatic rings. The van der Waals surface area contributed by atoms with Crippen molar-refractivity contribution in [2.45, 2.75) is 0 Å². The molecule has 1 heterocycles. The number of hydrogen-bond acceptors (Lipinski definition) is 4. The standard InChI is InChI=1S/C14H13N3O2/c1-16-11-5-3-9(15)13-12(11)14(19)8-6-7(18)2-4-10(8)17-13/h2-6,16,18H,15H2,1H3,(H,17,19). The van der Waals surface area contributed by atoms with Gasteiger partial charge in [0.2, 0.25) is 0 Å². The van der Waals surface area contributed by atoms with E-state index in [0.29, 0.717) is 33.2 Å². The van der Waals surface area contributed by atoms with Gasteiger partial charge in [-0.05, 0) is 30.3 Å². The Morgan fingerprint density at radius 3 is 2.79 bits per heavy atom. The molecule has 0 bridgehead atoms. The number of phenolic OH excluding ortho intramolecular Hbond substituents is 1. The highest BCUT2D eigenvalue weighted by Crippen LogP contribution is 2.27. The van der Waals surface area contributed by atoms with E-state index in [-0.39, 0.29) is 11.2 Å². The van der Waals surface area contributed by atoms with Gasteiger partial charge >= 0.3 is 0 Å². The van der Waals surface area contributed by atoms with E-state index in [9.17, 15) is 9.90 Å². The van der Waals surface area contributed by atoms with Crippen LogP contribution in [0.3, 0.4) is 0 Å². The maximum absolute atomic E-state index is 12.5. The molecule has 5 N–H and O–H groups in total. The fraction of sp³-hybridized carbons (Fsp3) is 0.0714. The molecule has 0 saturated heterocycles. The first-order chi connectivity index (χ1) is 9.11. The minimum Gasteiger partial charge on any atom is -0.508 e. The number of fused-ring (bicyclic) bond motifs is 2. The Bertz CT molecular complexity index is 853. The fourth-order valence-corrected chi connectivity index (χ4v) is 2.30. The van der Waals surface area contributed by atoms with Crippen LogP contribution in [0.15, 0.2) is 35.1 Å². The number of phenols is 1. The molecule has 0 aliphatic heterocycles. The Hall–Kier alpha value is -2.69. The van der Waals surface area contributed by atoms with E-state index < -0.39 is 0 Å². The summed E-state index contributed by atoms with van der Waals surface area (Å²) in [6.07, 6.45) is 0. The number of hydrogen-bond donors (Lipinski definition) is 4. The number of nitrogens with one attached hydrogen (secondary N) is 2. The summed E-state index contributed by atoms with van der Waals surface area (Å²) in [5.74, 6) is 0.0623. The van der Waals surface area contributed by atoms with Gasteiger partial charge in [-0.2, -0.15) is 0 Å². The summed E-state index contributed by atoms with van der Waals surface area (Å²) in [6, 6.07) is 8.16. The first-order valence-corrected chi connectivity index (χ1v) is 5.87. The molecule has 1 aromatic heterocycles. The SMILES string of the molecule is CNc1ccc(N)c2[nH]c3ccc(O)cc3c(=O)c12. The number of H-pyrrole nitrogens is 1. The molecule has 0 saturated carbocycles. The summed E-state index contributed by atoms with van der Waals surface area (Å²) in [5, 5.41) is 13.4. The van der Waals surface area contributed by atoms with Crippen molar-refractivity contribution >= 4 is 33.2 Å².